The Hall–Kier alpha value is -4.24. The Labute approximate surface area is 235 Å². The lowest BCUT2D eigenvalue weighted by molar-refractivity contribution is -0.124. The number of fused-ring (bicyclic) bond motifs is 1. The smallest absolute Gasteiger partial charge is 0.258 e. The van der Waals surface area contributed by atoms with Gasteiger partial charge in [-0.05, 0) is 56.6 Å². The molecule has 5 rings (SSSR count). The van der Waals surface area contributed by atoms with E-state index in [-0.39, 0.29) is 18.1 Å². The zero-order valence-corrected chi connectivity index (χ0v) is 23.6. The molecule has 1 aliphatic heterocycles. The fourth-order valence-electron chi connectivity index (χ4n) is 4.64. The van der Waals surface area contributed by atoms with Gasteiger partial charge in [-0.25, -0.2) is 9.97 Å². The number of aromatic amines is 1. The normalized spacial score (nSPS) is 13.5. The predicted octanol–water partition coefficient (Wildman–Crippen LogP) is 5.34. The molecule has 40 heavy (non-hydrogen) atoms. The molecule has 0 saturated carbocycles. The number of hydrogen-bond donors (Lipinski definition) is 3. The maximum absolute atomic E-state index is 12.4. The first-order valence-electron chi connectivity index (χ1n) is 13.9. The molecule has 0 atom stereocenters. The van der Waals surface area contributed by atoms with Crippen LogP contribution in [-0.4, -0.2) is 56.2 Å². The number of hydrogen-bond acceptors (Lipinski definition) is 7. The molecule has 1 aliphatic rings. The van der Waals surface area contributed by atoms with Gasteiger partial charge < -0.3 is 15.4 Å². The van der Waals surface area contributed by atoms with E-state index in [9.17, 15) is 4.79 Å². The number of amides is 1. The molecule has 0 spiro atoms. The van der Waals surface area contributed by atoms with E-state index in [0.717, 1.165) is 71.9 Å². The van der Waals surface area contributed by atoms with Crippen LogP contribution in [0.2, 0.25) is 0 Å². The third-order valence-electron chi connectivity index (χ3n) is 7.39. The van der Waals surface area contributed by atoms with Gasteiger partial charge >= 0.3 is 0 Å². The van der Waals surface area contributed by atoms with Gasteiger partial charge in [0.1, 0.15) is 11.6 Å². The van der Waals surface area contributed by atoms with Gasteiger partial charge in [0.25, 0.3) is 5.91 Å². The molecule has 9 nitrogen and oxygen atoms in total. The molecule has 0 fully saturated rings. The largest absolute Gasteiger partial charge is 0.484 e. The fourth-order valence-corrected chi connectivity index (χ4v) is 4.64. The minimum absolute atomic E-state index is 0.0492. The van der Waals surface area contributed by atoms with Crippen molar-refractivity contribution in [2.75, 3.05) is 25.0 Å². The van der Waals surface area contributed by atoms with Crippen molar-refractivity contribution < 1.29 is 9.53 Å². The highest BCUT2D eigenvalue weighted by molar-refractivity contribution is 5.78. The van der Waals surface area contributed by atoms with Crippen molar-refractivity contribution in [3.05, 3.63) is 72.2 Å². The number of rotatable bonds is 10. The van der Waals surface area contributed by atoms with Crippen molar-refractivity contribution in [2.45, 2.75) is 52.6 Å². The summed E-state index contributed by atoms with van der Waals surface area (Å²) in [5.74, 6) is 1.89. The van der Waals surface area contributed by atoms with Crippen molar-refractivity contribution in [2.24, 2.45) is 0 Å². The van der Waals surface area contributed by atoms with Crippen LogP contribution in [-0.2, 0) is 17.8 Å². The third-order valence-corrected chi connectivity index (χ3v) is 7.39. The summed E-state index contributed by atoms with van der Waals surface area (Å²) >= 11 is 0. The van der Waals surface area contributed by atoms with E-state index in [1.165, 1.54) is 0 Å². The monoisotopic (exact) mass is 539 g/mol. The van der Waals surface area contributed by atoms with Crippen LogP contribution in [0.15, 0.2) is 60.9 Å². The third kappa shape index (κ3) is 6.48. The molecule has 9 heteroatoms. The van der Waals surface area contributed by atoms with Crippen LogP contribution in [0.4, 0.5) is 11.5 Å². The SMILES string of the molecule is CCN1CCc2nc(-c3cccc(OCC(=O)NC(C)(C)CC)c3)nc(Nc3ccc(-c4cn[nH]c4)cc3)c2C1. The zero-order valence-electron chi connectivity index (χ0n) is 23.6. The maximum atomic E-state index is 12.4. The van der Waals surface area contributed by atoms with Crippen molar-refractivity contribution >= 4 is 17.4 Å². The first-order chi connectivity index (χ1) is 19.3. The summed E-state index contributed by atoms with van der Waals surface area (Å²) < 4.78 is 5.83. The van der Waals surface area contributed by atoms with Crippen LogP contribution in [0, 0.1) is 0 Å². The first kappa shape index (κ1) is 27.3. The Morgan fingerprint density at radius 3 is 2.62 bits per heavy atom. The summed E-state index contributed by atoms with van der Waals surface area (Å²) in [4.78, 5) is 24.8. The van der Waals surface area contributed by atoms with E-state index in [2.05, 4.69) is 56.9 Å². The van der Waals surface area contributed by atoms with E-state index in [4.69, 9.17) is 14.7 Å². The summed E-state index contributed by atoms with van der Waals surface area (Å²) in [6.45, 7) is 10.9. The average molecular weight is 540 g/mol. The molecule has 4 aromatic rings. The molecule has 3 N–H and O–H groups in total. The molecule has 2 aromatic heterocycles. The van der Waals surface area contributed by atoms with Crippen molar-refractivity contribution in [3.63, 3.8) is 0 Å². The summed E-state index contributed by atoms with van der Waals surface area (Å²) in [5, 5.41) is 13.5. The number of H-pyrrole nitrogens is 1. The molecule has 0 aliphatic carbocycles. The van der Waals surface area contributed by atoms with Crippen LogP contribution in [0.1, 0.15) is 45.4 Å². The minimum atomic E-state index is -0.268. The number of likely N-dealkylation sites (N-methyl/N-ethyl adjacent to an activating group) is 1. The van der Waals surface area contributed by atoms with Gasteiger partial charge in [-0.15, -0.1) is 0 Å². The summed E-state index contributed by atoms with van der Waals surface area (Å²) in [6.07, 6.45) is 5.39. The highest BCUT2D eigenvalue weighted by Gasteiger charge is 2.23. The number of nitrogens with one attached hydrogen (secondary N) is 3. The maximum Gasteiger partial charge on any atom is 0.258 e. The molecule has 0 bridgehead atoms. The van der Waals surface area contributed by atoms with Crippen LogP contribution in [0.25, 0.3) is 22.5 Å². The lowest BCUT2D eigenvalue weighted by atomic mass is 10.0. The number of carbonyl (C=O) groups excluding carboxylic acids is 1. The molecule has 0 unspecified atom stereocenters. The predicted molar refractivity (Wildman–Crippen MR) is 157 cm³/mol. The lowest BCUT2D eigenvalue weighted by Crippen LogP contribution is -2.44. The molecule has 3 heterocycles. The first-order valence-corrected chi connectivity index (χ1v) is 13.9. The Bertz CT molecular complexity index is 1450. The lowest BCUT2D eigenvalue weighted by Gasteiger charge is -2.28. The molecular formula is C31H37N7O2. The van der Waals surface area contributed by atoms with Crippen LogP contribution < -0.4 is 15.4 Å². The Morgan fingerprint density at radius 1 is 1.07 bits per heavy atom. The highest BCUT2D eigenvalue weighted by atomic mass is 16.5. The molecule has 2 aromatic carbocycles. The van der Waals surface area contributed by atoms with Crippen LogP contribution in [0.3, 0.4) is 0 Å². The van der Waals surface area contributed by atoms with Gasteiger partial charge in [0.2, 0.25) is 0 Å². The quantitative estimate of drug-likeness (QED) is 0.250. The topological polar surface area (TPSA) is 108 Å². The second-order valence-corrected chi connectivity index (χ2v) is 10.7. The Morgan fingerprint density at radius 2 is 1.90 bits per heavy atom. The van der Waals surface area contributed by atoms with Crippen molar-refractivity contribution in [3.8, 4) is 28.3 Å². The van der Waals surface area contributed by atoms with Gasteiger partial charge in [-0.3, -0.25) is 14.8 Å². The number of anilines is 2. The highest BCUT2D eigenvalue weighted by Crippen LogP contribution is 2.31. The number of aromatic nitrogens is 4. The number of ether oxygens (including phenoxy) is 1. The van der Waals surface area contributed by atoms with Gasteiger partial charge in [0, 0.05) is 53.6 Å². The van der Waals surface area contributed by atoms with Crippen LogP contribution >= 0.6 is 0 Å². The van der Waals surface area contributed by atoms with Gasteiger partial charge in [-0.1, -0.05) is 38.1 Å². The number of nitrogens with zero attached hydrogens (tertiary/aromatic N) is 4. The number of benzene rings is 2. The van der Waals surface area contributed by atoms with E-state index in [1.54, 1.807) is 0 Å². The number of carbonyl (C=O) groups is 1. The average Bonchev–Trinajstić information content (AvgIpc) is 3.51. The second-order valence-electron chi connectivity index (χ2n) is 10.7. The van der Waals surface area contributed by atoms with Gasteiger partial charge in [0.15, 0.2) is 12.4 Å². The van der Waals surface area contributed by atoms with E-state index in [1.807, 2.05) is 57.4 Å². The molecule has 0 radical (unpaired) electrons. The van der Waals surface area contributed by atoms with Gasteiger partial charge in [-0.2, -0.15) is 5.10 Å². The fraction of sp³-hybridized carbons (Fsp3) is 0.355. The van der Waals surface area contributed by atoms with E-state index < -0.39 is 0 Å². The van der Waals surface area contributed by atoms with Crippen LogP contribution in [0.5, 0.6) is 5.75 Å². The van der Waals surface area contributed by atoms with Crippen molar-refractivity contribution in [1.29, 1.82) is 0 Å². The van der Waals surface area contributed by atoms with E-state index in [0.29, 0.717) is 11.6 Å². The zero-order chi connectivity index (χ0) is 28.1. The molecule has 1 amide bonds. The Balaban J connectivity index is 1.39. The minimum Gasteiger partial charge on any atom is -0.484 e. The van der Waals surface area contributed by atoms with Gasteiger partial charge in [0.05, 0.1) is 11.9 Å². The molecule has 208 valence electrons. The molecular weight excluding hydrogens is 502 g/mol. The summed E-state index contributed by atoms with van der Waals surface area (Å²) in [5.41, 5.74) is 5.83. The Kier molecular flexibility index (Phi) is 8.11. The van der Waals surface area contributed by atoms with E-state index >= 15 is 0 Å². The summed E-state index contributed by atoms with van der Waals surface area (Å²) in [7, 11) is 0. The molecule has 0 saturated heterocycles. The second kappa shape index (κ2) is 11.9. The summed E-state index contributed by atoms with van der Waals surface area (Å²) in [6, 6.07) is 15.9. The van der Waals surface area contributed by atoms with Crippen molar-refractivity contribution in [1.82, 2.24) is 30.4 Å². The standard InChI is InChI=1S/C31H37N7O2/c1-5-31(3,4)37-28(39)20-40-25-9-7-8-22(16-25)29-35-27-14-15-38(6-2)19-26(27)30(36-29)34-24-12-10-21(11-13-24)23-17-32-33-18-23/h7-13,16-18H,5-6,14-15,19-20H2,1-4H3,(H,32,33)(H,37,39)(H,34,35,36).